The molecule has 3 aliphatic rings. The van der Waals surface area contributed by atoms with Crippen molar-refractivity contribution in [3.8, 4) is 5.75 Å². The number of ketones is 2. The van der Waals surface area contributed by atoms with E-state index in [1.165, 1.54) is 4.90 Å². The van der Waals surface area contributed by atoms with E-state index >= 15 is 0 Å². The quantitative estimate of drug-likeness (QED) is 0.147. The summed E-state index contributed by atoms with van der Waals surface area (Å²) in [6.45, 7) is 6.76. The van der Waals surface area contributed by atoms with Crippen molar-refractivity contribution in [2.45, 2.75) is 61.4 Å². The van der Waals surface area contributed by atoms with Gasteiger partial charge in [-0.1, -0.05) is 39.0 Å². The van der Waals surface area contributed by atoms with Gasteiger partial charge < -0.3 is 36.4 Å². The molecule has 2 aromatic rings. The Morgan fingerprint density at radius 2 is 1.76 bits per heavy atom. The van der Waals surface area contributed by atoms with Crippen molar-refractivity contribution >= 4 is 46.4 Å². The van der Waals surface area contributed by atoms with Crippen LogP contribution in [-0.4, -0.2) is 87.4 Å². The number of primary amides is 1. The van der Waals surface area contributed by atoms with Crippen LogP contribution in [0.25, 0.3) is 5.76 Å². The third-order valence-corrected chi connectivity index (χ3v) is 10.3. The number of anilines is 2. The fourth-order valence-electron chi connectivity index (χ4n) is 7.10. The third kappa shape index (κ3) is 5.31. The van der Waals surface area contributed by atoms with E-state index < -0.39 is 58.0 Å². The molecule has 3 aliphatic carbocycles. The molecule has 1 amide bonds. The van der Waals surface area contributed by atoms with Crippen molar-refractivity contribution in [3.05, 3.63) is 63.9 Å². The second-order valence-corrected chi connectivity index (χ2v) is 15.5. The molecular formula is C34H42N4O7S. The van der Waals surface area contributed by atoms with Crippen LogP contribution in [0.1, 0.15) is 43.9 Å². The monoisotopic (exact) mass is 650 g/mol. The number of aliphatic hydroxyl groups is 3. The number of hydrogen-bond acceptors (Lipinski definition) is 11. The Kier molecular flexibility index (Phi) is 8.46. The van der Waals surface area contributed by atoms with Gasteiger partial charge in [-0.3, -0.25) is 19.3 Å². The van der Waals surface area contributed by atoms with Gasteiger partial charge in [0.05, 0.1) is 17.3 Å². The SMILES string of the molecule is CN(C)c1cc(NCc2ccccc2SC(C)(C)C)c(O)c2c1C[C@@H]1C[C@@H]3[C@@H](N(C)C)C(=O)C(C(N)=O)=C(O)[C@]3(O)C(=O)C1=C2O. The minimum Gasteiger partial charge on any atom is -0.508 e. The van der Waals surface area contributed by atoms with Gasteiger partial charge in [0.15, 0.2) is 11.4 Å². The van der Waals surface area contributed by atoms with Crippen molar-refractivity contribution in [1.29, 1.82) is 0 Å². The minimum atomic E-state index is -2.69. The number of nitrogens with zero attached hydrogens (tertiary/aromatic N) is 2. The molecule has 0 aromatic heterocycles. The number of phenols is 1. The second kappa shape index (κ2) is 11.7. The molecule has 0 bridgehead atoms. The second-order valence-electron chi connectivity index (χ2n) is 13.7. The van der Waals surface area contributed by atoms with E-state index in [0.29, 0.717) is 23.5 Å². The van der Waals surface area contributed by atoms with Crippen LogP contribution in [0.3, 0.4) is 0 Å². The number of aromatic hydroxyl groups is 1. The van der Waals surface area contributed by atoms with E-state index in [2.05, 4.69) is 26.1 Å². The molecule has 0 spiro atoms. The number of carbonyl (C=O) groups excluding carboxylic acids is 3. The predicted molar refractivity (Wildman–Crippen MR) is 178 cm³/mol. The van der Waals surface area contributed by atoms with Crippen molar-refractivity contribution in [2.24, 2.45) is 17.6 Å². The molecule has 7 N–H and O–H groups in total. The molecule has 0 saturated heterocycles. The van der Waals surface area contributed by atoms with Gasteiger partial charge in [-0.2, -0.15) is 0 Å². The van der Waals surface area contributed by atoms with Crippen molar-refractivity contribution in [2.75, 3.05) is 38.4 Å². The lowest BCUT2D eigenvalue weighted by Gasteiger charge is -2.50. The number of aliphatic hydroxyl groups excluding tert-OH is 2. The van der Waals surface area contributed by atoms with Gasteiger partial charge in [0.2, 0.25) is 5.78 Å². The van der Waals surface area contributed by atoms with E-state index in [-0.39, 0.29) is 34.5 Å². The number of amides is 1. The van der Waals surface area contributed by atoms with E-state index in [4.69, 9.17) is 5.73 Å². The van der Waals surface area contributed by atoms with E-state index in [9.17, 15) is 34.8 Å². The first-order chi connectivity index (χ1) is 21.4. The van der Waals surface area contributed by atoms with E-state index in [0.717, 1.165) is 10.5 Å². The van der Waals surface area contributed by atoms with Gasteiger partial charge in [0.1, 0.15) is 22.8 Å². The maximum atomic E-state index is 14.2. The molecule has 1 fully saturated rings. The predicted octanol–water partition coefficient (Wildman–Crippen LogP) is 3.53. The van der Waals surface area contributed by atoms with Crippen LogP contribution in [0.15, 0.2) is 52.1 Å². The highest BCUT2D eigenvalue weighted by atomic mass is 32.2. The summed E-state index contributed by atoms with van der Waals surface area (Å²) >= 11 is 1.73. The molecule has 0 unspecified atom stereocenters. The first kappa shape index (κ1) is 33.4. The van der Waals surface area contributed by atoms with Crippen LogP contribution in [0.4, 0.5) is 11.4 Å². The van der Waals surface area contributed by atoms with E-state index in [1.54, 1.807) is 31.9 Å². The van der Waals surface area contributed by atoms with Gasteiger partial charge in [0.25, 0.3) is 5.91 Å². The van der Waals surface area contributed by atoms with Crippen LogP contribution in [0, 0.1) is 11.8 Å². The standard InChI is InChI=1S/C34H42N4O7S/c1-33(2,3)46-22-11-9-8-10-16(22)15-36-20-14-21(37(4)5)18-12-17-13-19-26(38(6)7)29(41)25(32(35)44)31(43)34(19,45)30(42)23(17)28(40)24(18)27(20)39/h8-11,14,17,19,26,36,39-40,43,45H,12-13,15H2,1-7H3,(H2,35,44)/t17-,19-,26-,34-/m1/s1. The minimum absolute atomic E-state index is 0.0215. The average molecular weight is 651 g/mol. The van der Waals surface area contributed by atoms with Crippen LogP contribution in [0.5, 0.6) is 5.75 Å². The van der Waals surface area contributed by atoms with Crippen LogP contribution >= 0.6 is 11.8 Å². The maximum absolute atomic E-state index is 14.2. The molecule has 1 saturated carbocycles. The number of hydrogen-bond donors (Lipinski definition) is 6. The molecule has 11 nitrogen and oxygen atoms in total. The summed E-state index contributed by atoms with van der Waals surface area (Å²) in [6, 6.07) is 8.62. The number of nitrogens with one attached hydrogen (secondary N) is 1. The zero-order valence-electron chi connectivity index (χ0n) is 27.1. The Morgan fingerprint density at radius 3 is 2.35 bits per heavy atom. The normalized spacial score (nSPS) is 24.5. The van der Waals surface area contributed by atoms with Crippen molar-refractivity contribution in [3.63, 3.8) is 0 Å². The number of nitrogens with two attached hydrogens (primary N) is 1. The lowest BCUT2D eigenvalue weighted by atomic mass is 9.57. The number of benzene rings is 2. The summed E-state index contributed by atoms with van der Waals surface area (Å²) in [5.74, 6) is -6.77. The molecule has 0 aliphatic heterocycles. The van der Waals surface area contributed by atoms with Crippen LogP contribution in [0.2, 0.25) is 0 Å². The topological polar surface area (TPSA) is 177 Å². The van der Waals surface area contributed by atoms with Crippen molar-refractivity contribution < 1.29 is 34.8 Å². The summed E-state index contributed by atoms with van der Waals surface area (Å²) in [6.07, 6.45) is 0.239. The fourth-order valence-corrected chi connectivity index (χ4v) is 8.17. The van der Waals surface area contributed by atoms with Gasteiger partial charge in [0, 0.05) is 47.5 Å². The van der Waals surface area contributed by atoms with Gasteiger partial charge in [-0.15, -0.1) is 11.8 Å². The number of phenolic OH excluding ortho intramolecular Hbond substituents is 1. The number of fused-ring (bicyclic) bond motifs is 3. The summed E-state index contributed by atoms with van der Waals surface area (Å²) < 4.78 is -0.0215. The number of rotatable bonds is 7. The Hall–Kier alpha value is -4.00. The van der Waals surface area contributed by atoms with Crippen LogP contribution < -0.4 is 16.0 Å². The lowest BCUT2D eigenvalue weighted by Crippen LogP contribution is -2.65. The molecule has 0 radical (unpaired) electrons. The smallest absolute Gasteiger partial charge is 0.255 e. The average Bonchev–Trinajstić information content (AvgIpc) is 2.94. The highest BCUT2D eigenvalue weighted by Crippen LogP contribution is 2.54. The molecule has 4 atom stereocenters. The van der Waals surface area contributed by atoms with Gasteiger partial charge in [-0.25, -0.2) is 0 Å². The molecular weight excluding hydrogens is 608 g/mol. The Morgan fingerprint density at radius 1 is 1.11 bits per heavy atom. The third-order valence-electron chi connectivity index (χ3n) is 9.04. The summed E-state index contributed by atoms with van der Waals surface area (Å²) in [4.78, 5) is 44.2. The number of likely N-dealkylation sites (N-methyl/N-ethyl adjacent to an activating group) is 1. The highest BCUT2D eigenvalue weighted by molar-refractivity contribution is 8.00. The molecule has 46 heavy (non-hydrogen) atoms. The summed E-state index contributed by atoms with van der Waals surface area (Å²) in [5.41, 5.74) is 4.41. The zero-order valence-corrected chi connectivity index (χ0v) is 28.0. The molecule has 0 heterocycles. The number of Topliss-reactive ketones (excluding diaryl/α,β-unsaturated/α-hetero) is 2. The first-order valence-corrected chi connectivity index (χ1v) is 15.9. The first-order valence-electron chi connectivity index (χ1n) is 15.1. The fraction of sp³-hybridized carbons (Fsp3) is 0.441. The van der Waals surface area contributed by atoms with Gasteiger partial charge >= 0.3 is 0 Å². The largest absolute Gasteiger partial charge is 0.508 e. The molecule has 5 rings (SSSR count). The Bertz CT molecular complexity index is 1710. The lowest BCUT2D eigenvalue weighted by molar-refractivity contribution is -0.153. The van der Waals surface area contributed by atoms with Crippen LogP contribution in [-0.2, 0) is 27.3 Å². The zero-order chi connectivity index (χ0) is 34.0. The van der Waals surface area contributed by atoms with E-state index in [1.807, 2.05) is 43.3 Å². The summed E-state index contributed by atoms with van der Waals surface area (Å²) in [5, 5.41) is 49.7. The molecule has 2 aromatic carbocycles. The summed E-state index contributed by atoms with van der Waals surface area (Å²) in [7, 11) is 6.82. The number of carbonyl (C=O) groups is 3. The Labute approximate surface area is 272 Å². The number of thioether (sulfide) groups is 1. The molecule has 246 valence electrons. The van der Waals surface area contributed by atoms with Gasteiger partial charge in [-0.05, 0) is 56.1 Å². The Balaban J connectivity index is 1.63. The van der Waals surface area contributed by atoms with Crippen molar-refractivity contribution in [1.82, 2.24) is 4.90 Å². The molecule has 12 heteroatoms. The maximum Gasteiger partial charge on any atom is 0.255 e. The highest BCUT2D eigenvalue weighted by Gasteiger charge is 2.64.